The molecule has 0 aliphatic rings. The summed E-state index contributed by atoms with van der Waals surface area (Å²) in [7, 11) is 1.80. The van der Waals surface area contributed by atoms with Crippen molar-refractivity contribution in [2.75, 3.05) is 0 Å². The van der Waals surface area contributed by atoms with Crippen molar-refractivity contribution in [3.8, 4) is 0 Å². The first-order valence-corrected chi connectivity index (χ1v) is 3.98. The van der Waals surface area contributed by atoms with Crippen LogP contribution < -0.4 is 0 Å². The molecule has 1 unspecified atom stereocenters. The molecule has 0 aromatic carbocycles. The van der Waals surface area contributed by atoms with Crippen LogP contribution in [0.5, 0.6) is 0 Å². The van der Waals surface area contributed by atoms with Gasteiger partial charge in [0.15, 0.2) is 6.10 Å². The molecule has 0 spiro atoms. The van der Waals surface area contributed by atoms with Crippen molar-refractivity contribution in [1.82, 2.24) is 9.78 Å². The zero-order chi connectivity index (χ0) is 9.26. The van der Waals surface area contributed by atoms with Gasteiger partial charge in [-0.2, -0.15) is 5.10 Å². The van der Waals surface area contributed by atoms with Crippen LogP contribution in [-0.4, -0.2) is 14.9 Å². The minimum Gasteiger partial charge on any atom is -0.466 e. The van der Waals surface area contributed by atoms with Crippen molar-refractivity contribution < 1.29 is 9.52 Å². The van der Waals surface area contributed by atoms with Crippen LogP contribution >= 0.6 is 0 Å². The Hall–Kier alpha value is -1.55. The molecule has 2 aromatic rings. The Bertz CT molecular complexity index is 378. The second-order valence-corrected chi connectivity index (χ2v) is 2.83. The van der Waals surface area contributed by atoms with Crippen LogP contribution in [-0.2, 0) is 7.05 Å². The van der Waals surface area contributed by atoms with E-state index in [0.717, 1.165) is 0 Å². The highest BCUT2D eigenvalue weighted by Crippen LogP contribution is 2.19. The Morgan fingerprint density at radius 3 is 2.92 bits per heavy atom. The minimum atomic E-state index is -0.767. The van der Waals surface area contributed by atoms with Crippen molar-refractivity contribution in [1.29, 1.82) is 0 Å². The third-order valence-corrected chi connectivity index (χ3v) is 1.83. The summed E-state index contributed by atoms with van der Waals surface area (Å²) in [5, 5.41) is 13.8. The largest absolute Gasteiger partial charge is 0.466 e. The third kappa shape index (κ3) is 1.48. The molecule has 2 rings (SSSR count). The van der Waals surface area contributed by atoms with Gasteiger partial charge in [-0.1, -0.05) is 0 Å². The standard InChI is InChI=1S/C9H10N2O2/c1-11-5-4-7(10-11)9(12)8-3-2-6-13-8/h2-6,9,12H,1H3. The van der Waals surface area contributed by atoms with E-state index in [9.17, 15) is 5.11 Å². The molecule has 1 N–H and O–H groups in total. The normalized spacial score (nSPS) is 13.1. The van der Waals surface area contributed by atoms with Gasteiger partial charge in [0.1, 0.15) is 5.76 Å². The molecule has 0 saturated carbocycles. The summed E-state index contributed by atoms with van der Waals surface area (Å²) in [6, 6.07) is 5.22. The van der Waals surface area contributed by atoms with E-state index in [1.54, 1.807) is 36.1 Å². The second kappa shape index (κ2) is 3.06. The fraction of sp³-hybridized carbons (Fsp3) is 0.222. The number of aryl methyl sites for hydroxylation is 1. The average molecular weight is 178 g/mol. The summed E-state index contributed by atoms with van der Waals surface area (Å²) >= 11 is 0. The SMILES string of the molecule is Cn1ccc(C(O)c2ccco2)n1. The summed E-state index contributed by atoms with van der Waals surface area (Å²) in [6.45, 7) is 0. The molecule has 13 heavy (non-hydrogen) atoms. The van der Waals surface area contributed by atoms with Gasteiger partial charge < -0.3 is 9.52 Å². The smallest absolute Gasteiger partial charge is 0.155 e. The molecule has 0 amide bonds. The van der Waals surface area contributed by atoms with E-state index in [2.05, 4.69) is 5.10 Å². The van der Waals surface area contributed by atoms with Crippen molar-refractivity contribution in [3.63, 3.8) is 0 Å². The van der Waals surface area contributed by atoms with Crippen LogP contribution in [0, 0.1) is 0 Å². The molecule has 0 fully saturated rings. The van der Waals surface area contributed by atoms with E-state index in [1.165, 1.54) is 6.26 Å². The molecule has 1 atom stereocenters. The highest BCUT2D eigenvalue weighted by atomic mass is 16.4. The lowest BCUT2D eigenvalue weighted by atomic mass is 10.2. The molecule has 68 valence electrons. The van der Waals surface area contributed by atoms with Gasteiger partial charge in [0, 0.05) is 13.2 Å². The Morgan fingerprint density at radius 2 is 2.38 bits per heavy atom. The zero-order valence-electron chi connectivity index (χ0n) is 7.21. The number of aliphatic hydroxyl groups is 1. The first-order chi connectivity index (χ1) is 6.27. The quantitative estimate of drug-likeness (QED) is 0.749. The van der Waals surface area contributed by atoms with E-state index in [-0.39, 0.29) is 0 Å². The van der Waals surface area contributed by atoms with Crippen molar-refractivity contribution in [2.24, 2.45) is 7.05 Å². The lowest BCUT2D eigenvalue weighted by Gasteiger charge is -2.02. The first-order valence-electron chi connectivity index (χ1n) is 3.98. The second-order valence-electron chi connectivity index (χ2n) is 2.83. The van der Waals surface area contributed by atoms with Gasteiger partial charge in [-0.25, -0.2) is 0 Å². The Kier molecular flexibility index (Phi) is 1.90. The Labute approximate surface area is 75.4 Å². The first kappa shape index (κ1) is 8.07. The third-order valence-electron chi connectivity index (χ3n) is 1.83. The van der Waals surface area contributed by atoms with Crippen LogP contribution in [0.15, 0.2) is 35.1 Å². The molecule has 0 aliphatic heterocycles. The monoisotopic (exact) mass is 178 g/mol. The number of hydrogen-bond donors (Lipinski definition) is 1. The summed E-state index contributed by atoms with van der Waals surface area (Å²) in [4.78, 5) is 0. The van der Waals surface area contributed by atoms with E-state index >= 15 is 0 Å². The number of rotatable bonds is 2. The van der Waals surface area contributed by atoms with Gasteiger partial charge in [0.25, 0.3) is 0 Å². The highest BCUT2D eigenvalue weighted by Gasteiger charge is 2.14. The van der Waals surface area contributed by atoms with E-state index < -0.39 is 6.10 Å². The number of aromatic nitrogens is 2. The van der Waals surface area contributed by atoms with Crippen molar-refractivity contribution in [3.05, 3.63) is 42.1 Å². The molecule has 0 saturated heterocycles. The van der Waals surface area contributed by atoms with Crippen LogP contribution in [0.2, 0.25) is 0 Å². The molecule has 4 nitrogen and oxygen atoms in total. The number of furan rings is 1. The molecule has 0 bridgehead atoms. The fourth-order valence-corrected chi connectivity index (χ4v) is 1.17. The van der Waals surface area contributed by atoms with Gasteiger partial charge >= 0.3 is 0 Å². The lowest BCUT2D eigenvalue weighted by molar-refractivity contribution is 0.184. The molecule has 2 heterocycles. The van der Waals surface area contributed by atoms with Crippen molar-refractivity contribution in [2.45, 2.75) is 6.10 Å². The van der Waals surface area contributed by atoms with Crippen LogP contribution in [0.25, 0.3) is 0 Å². The summed E-state index contributed by atoms with van der Waals surface area (Å²) < 4.78 is 6.70. The average Bonchev–Trinajstić information content (AvgIpc) is 2.72. The lowest BCUT2D eigenvalue weighted by Crippen LogP contribution is -2.00. The van der Waals surface area contributed by atoms with E-state index in [1.807, 2.05) is 0 Å². The Morgan fingerprint density at radius 1 is 1.54 bits per heavy atom. The van der Waals surface area contributed by atoms with Gasteiger partial charge in [0.05, 0.1) is 12.0 Å². The predicted molar refractivity (Wildman–Crippen MR) is 46.0 cm³/mol. The summed E-state index contributed by atoms with van der Waals surface area (Å²) in [5.41, 5.74) is 0.595. The van der Waals surface area contributed by atoms with Gasteiger partial charge in [-0.15, -0.1) is 0 Å². The van der Waals surface area contributed by atoms with E-state index in [0.29, 0.717) is 11.5 Å². The van der Waals surface area contributed by atoms with Gasteiger partial charge in [-0.05, 0) is 18.2 Å². The molecular weight excluding hydrogens is 168 g/mol. The van der Waals surface area contributed by atoms with Gasteiger partial charge in [-0.3, -0.25) is 4.68 Å². The maximum Gasteiger partial charge on any atom is 0.155 e. The highest BCUT2D eigenvalue weighted by molar-refractivity contribution is 5.15. The topological polar surface area (TPSA) is 51.2 Å². The molecular formula is C9H10N2O2. The Balaban J connectivity index is 2.28. The number of hydrogen-bond acceptors (Lipinski definition) is 3. The summed E-state index contributed by atoms with van der Waals surface area (Å²) in [5.74, 6) is 0.513. The predicted octanol–water partition coefficient (Wildman–Crippen LogP) is 1.09. The summed E-state index contributed by atoms with van der Waals surface area (Å²) in [6.07, 6.45) is 2.54. The van der Waals surface area contributed by atoms with Crippen LogP contribution in [0.1, 0.15) is 17.6 Å². The molecule has 0 aliphatic carbocycles. The zero-order valence-corrected chi connectivity index (χ0v) is 7.21. The molecule has 4 heteroatoms. The molecule has 2 aromatic heterocycles. The van der Waals surface area contributed by atoms with Crippen molar-refractivity contribution >= 4 is 0 Å². The maximum absolute atomic E-state index is 9.72. The van der Waals surface area contributed by atoms with Gasteiger partial charge in [0.2, 0.25) is 0 Å². The van der Waals surface area contributed by atoms with Crippen LogP contribution in [0.4, 0.5) is 0 Å². The van der Waals surface area contributed by atoms with E-state index in [4.69, 9.17) is 4.42 Å². The fourth-order valence-electron chi connectivity index (χ4n) is 1.17. The minimum absolute atomic E-state index is 0.513. The maximum atomic E-state index is 9.72. The molecule has 0 radical (unpaired) electrons. The number of nitrogens with zero attached hydrogens (tertiary/aromatic N) is 2. The van der Waals surface area contributed by atoms with Crippen LogP contribution in [0.3, 0.4) is 0 Å². The number of aliphatic hydroxyl groups excluding tert-OH is 1.